The van der Waals surface area contributed by atoms with Gasteiger partial charge in [0.25, 0.3) is 0 Å². The molecule has 1 atom stereocenters. The number of nitrogens with two attached hydrogens (primary N) is 2. The van der Waals surface area contributed by atoms with Crippen molar-refractivity contribution in [1.29, 1.82) is 0 Å². The van der Waals surface area contributed by atoms with Gasteiger partial charge in [-0.1, -0.05) is 30.3 Å². The van der Waals surface area contributed by atoms with Crippen LogP contribution >= 0.6 is 0 Å². The fraction of sp³-hybridized carbons (Fsp3) is 0.364. The van der Waals surface area contributed by atoms with Crippen LogP contribution in [0.15, 0.2) is 30.3 Å². The second kappa shape index (κ2) is 4.91. The third-order valence-electron chi connectivity index (χ3n) is 2.28. The van der Waals surface area contributed by atoms with Crippen LogP contribution in [0.3, 0.4) is 0 Å². The lowest BCUT2D eigenvalue weighted by atomic mass is 9.96. The molecule has 0 saturated heterocycles. The highest BCUT2D eigenvalue weighted by atomic mass is 16.6. The zero-order valence-electron chi connectivity index (χ0n) is 8.77. The molecule has 0 amide bonds. The number of carbonyl (C=O) groups excluding carboxylic acids is 1. The fourth-order valence-electron chi connectivity index (χ4n) is 1.30. The first-order valence-electron chi connectivity index (χ1n) is 4.80. The minimum atomic E-state index is -0.794. The van der Waals surface area contributed by atoms with E-state index in [1.54, 1.807) is 6.92 Å². The van der Waals surface area contributed by atoms with Gasteiger partial charge in [0, 0.05) is 6.54 Å². The molecule has 15 heavy (non-hydrogen) atoms. The van der Waals surface area contributed by atoms with Crippen molar-refractivity contribution in [3.63, 3.8) is 0 Å². The Morgan fingerprint density at radius 3 is 2.40 bits per heavy atom. The van der Waals surface area contributed by atoms with Crippen LogP contribution in [0.25, 0.3) is 0 Å². The summed E-state index contributed by atoms with van der Waals surface area (Å²) in [5.41, 5.74) is 10.9. The zero-order chi connectivity index (χ0) is 11.3. The van der Waals surface area contributed by atoms with Crippen molar-refractivity contribution in [2.75, 3.05) is 13.1 Å². The van der Waals surface area contributed by atoms with Crippen LogP contribution in [0.5, 0.6) is 0 Å². The van der Waals surface area contributed by atoms with Crippen molar-refractivity contribution < 1.29 is 9.53 Å². The van der Waals surface area contributed by atoms with Crippen molar-refractivity contribution in [3.8, 4) is 0 Å². The van der Waals surface area contributed by atoms with Gasteiger partial charge >= 0.3 is 5.97 Å². The highest BCUT2D eigenvalue weighted by Crippen LogP contribution is 2.23. The molecule has 1 aromatic rings. The summed E-state index contributed by atoms with van der Waals surface area (Å²) in [5, 5.41) is 0. The van der Waals surface area contributed by atoms with Crippen molar-refractivity contribution in [2.24, 2.45) is 11.5 Å². The molecule has 4 N–H and O–H groups in total. The van der Waals surface area contributed by atoms with Crippen molar-refractivity contribution in [3.05, 3.63) is 35.9 Å². The summed E-state index contributed by atoms with van der Waals surface area (Å²) in [4.78, 5) is 11.2. The summed E-state index contributed by atoms with van der Waals surface area (Å²) in [6, 6.07) is 9.39. The lowest BCUT2D eigenvalue weighted by molar-refractivity contribution is -0.156. The lowest BCUT2D eigenvalue weighted by Gasteiger charge is -2.28. The Balaban J connectivity index is 2.90. The third kappa shape index (κ3) is 2.78. The van der Waals surface area contributed by atoms with Crippen LogP contribution in [0.2, 0.25) is 0 Å². The number of ether oxygens (including phenoxy) is 1. The van der Waals surface area contributed by atoms with Gasteiger partial charge in [0.15, 0.2) is 0 Å². The maximum Gasteiger partial charge on any atom is 0.320 e. The van der Waals surface area contributed by atoms with E-state index in [9.17, 15) is 4.79 Å². The molecule has 0 spiro atoms. The van der Waals surface area contributed by atoms with Crippen molar-refractivity contribution in [1.82, 2.24) is 0 Å². The molecule has 0 aliphatic rings. The Morgan fingerprint density at radius 2 is 1.93 bits per heavy atom. The Morgan fingerprint density at radius 1 is 1.33 bits per heavy atom. The summed E-state index contributed by atoms with van der Waals surface area (Å²) in [7, 11) is 0. The number of hydrogen-bond donors (Lipinski definition) is 2. The first kappa shape index (κ1) is 11.7. The molecule has 0 aromatic heterocycles. The van der Waals surface area contributed by atoms with E-state index in [4.69, 9.17) is 16.2 Å². The number of benzene rings is 1. The van der Waals surface area contributed by atoms with Gasteiger partial charge in [-0.25, -0.2) is 0 Å². The second-order valence-corrected chi connectivity index (χ2v) is 3.48. The number of rotatable bonds is 4. The minimum Gasteiger partial charge on any atom is -0.452 e. The maximum atomic E-state index is 11.2. The van der Waals surface area contributed by atoms with Crippen LogP contribution in [0.1, 0.15) is 12.5 Å². The van der Waals surface area contributed by atoms with Crippen LogP contribution in [-0.4, -0.2) is 19.1 Å². The maximum absolute atomic E-state index is 11.2. The monoisotopic (exact) mass is 208 g/mol. The number of esters is 1. The molecule has 0 saturated carbocycles. The summed E-state index contributed by atoms with van der Waals surface area (Å²) >= 11 is 0. The SMILES string of the molecule is CC(CN)(OC(=O)CN)c1ccccc1. The van der Waals surface area contributed by atoms with Gasteiger partial charge in [-0.3, -0.25) is 4.79 Å². The molecule has 82 valence electrons. The standard InChI is InChI=1S/C11H16N2O2/c1-11(8-13,15-10(14)7-12)9-5-3-2-4-6-9/h2-6H,7-8,12-13H2,1H3. The molecule has 0 aliphatic carbocycles. The van der Waals surface area contributed by atoms with E-state index in [1.165, 1.54) is 0 Å². The van der Waals surface area contributed by atoms with E-state index in [1.807, 2.05) is 30.3 Å². The smallest absolute Gasteiger partial charge is 0.320 e. The molecule has 0 heterocycles. The predicted octanol–water partition coefficient (Wildman–Crippen LogP) is 0.362. The molecule has 1 aromatic carbocycles. The molecule has 0 fully saturated rings. The van der Waals surface area contributed by atoms with Crippen LogP contribution in [0.4, 0.5) is 0 Å². The molecule has 1 rings (SSSR count). The van der Waals surface area contributed by atoms with E-state index >= 15 is 0 Å². The first-order chi connectivity index (χ1) is 7.12. The Labute approximate surface area is 89.2 Å². The van der Waals surface area contributed by atoms with Gasteiger partial charge in [0.05, 0.1) is 6.54 Å². The highest BCUT2D eigenvalue weighted by molar-refractivity contribution is 5.72. The van der Waals surface area contributed by atoms with E-state index < -0.39 is 11.6 Å². The fourth-order valence-corrected chi connectivity index (χ4v) is 1.30. The van der Waals surface area contributed by atoms with Gasteiger partial charge in [-0.15, -0.1) is 0 Å². The minimum absolute atomic E-state index is 0.136. The van der Waals surface area contributed by atoms with Crippen molar-refractivity contribution in [2.45, 2.75) is 12.5 Å². The van der Waals surface area contributed by atoms with E-state index in [-0.39, 0.29) is 13.1 Å². The number of carbonyl (C=O) groups is 1. The third-order valence-corrected chi connectivity index (χ3v) is 2.28. The molecule has 4 heteroatoms. The van der Waals surface area contributed by atoms with Crippen molar-refractivity contribution >= 4 is 5.97 Å². The summed E-state index contributed by atoms with van der Waals surface area (Å²) in [6.45, 7) is 1.86. The lowest BCUT2D eigenvalue weighted by Crippen LogP contribution is -2.38. The molecular formula is C11H16N2O2. The van der Waals surface area contributed by atoms with E-state index in [0.29, 0.717) is 0 Å². The molecule has 0 aliphatic heterocycles. The summed E-state index contributed by atoms with van der Waals surface area (Å²) in [6.07, 6.45) is 0. The number of hydrogen-bond acceptors (Lipinski definition) is 4. The quantitative estimate of drug-likeness (QED) is 0.700. The van der Waals surface area contributed by atoms with Crippen LogP contribution in [-0.2, 0) is 15.1 Å². The van der Waals surface area contributed by atoms with Crippen LogP contribution in [0, 0.1) is 0 Å². The molecule has 4 nitrogen and oxygen atoms in total. The summed E-state index contributed by atoms with van der Waals surface area (Å²) < 4.78 is 5.23. The normalized spacial score (nSPS) is 14.3. The van der Waals surface area contributed by atoms with E-state index in [2.05, 4.69) is 0 Å². The van der Waals surface area contributed by atoms with Crippen LogP contribution < -0.4 is 11.5 Å². The van der Waals surface area contributed by atoms with Gasteiger partial charge in [0.1, 0.15) is 5.60 Å². The zero-order valence-corrected chi connectivity index (χ0v) is 8.77. The van der Waals surface area contributed by atoms with Gasteiger partial charge < -0.3 is 16.2 Å². The second-order valence-electron chi connectivity index (χ2n) is 3.48. The predicted molar refractivity (Wildman–Crippen MR) is 58.0 cm³/mol. The molecule has 1 unspecified atom stereocenters. The molecule has 0 bridgehead atoms. The summed E-state index contributed by atoms with van der Waals surface area (Å²) in [5.74, 6) is -0.452. The highest BCUT2D eigenvalue weighted by Gasteiger charge is 2.28. The largest absolute Gasteiger partial charge is 0.452 e. The topological polar surface area (TPSA) is 78.3 Å². The average molecular weight is 208 g/mol. The van der Waals surface area contributed by atoms with E-state index in [0.717, 1.165) is 5.56 Å². The van der Waals surface area contributed by atoms with Gasteiger partial charge in [0.2, 0.25) is 0 Å². The Bertz CT molecular complexity index is 327. The first-order valence-corrected chi connectivity index (χ1v) is 4.80. The molecular weight excluding hydrogens is 192 g/mol. The Kier molecular flexibility index (Phi) is 3.82. The average Bonchev–Trinajstić information content (AvgIpc) is 2.30. The van der Waals surface area contributed by atoms with Gasteiger partial charge in [-0.2, -0.15) is 0 Å². The molecule has 0 radical (unpaired) electrons. The Hall–Kier alpha value is -1.39. The van der Waals surface area contributed by atoms with Gasteiger partial charge in [-0.05, 0) is 12.5 Å².